The topological polar surface area (TPSA) is 98.2 Å². The average Bonchev–Trinajstić information content (AvgIpc) is 2.69. The second-order valence-corrected chi connectivity index (χ2v) is 5.80. The molecule has 0 spiro atoms. The number of hydrogen-bond acceptors (Lipinski definition) is 3. The summed E-state index contributed by atoms with van der Waals surface area (Å²) in [7, 11) is 0. The second kappa shape index (κ2) is 3.70. The maximum Gasteiger partial charge on any atom is 0.237 e. The molecule has 3 aliphatic rings. The Balaban J connectivity index is 1.52. The summed E-state index contributed by atoms with van der Waals surface area (Å²) in [4.78, 5) is 22.4. The number of amides is 2. The molecular formula is C12H19N3O2. The van der Waals surface area contributed by atoms with E-state index < -0.39 is 11.9 Å². The van der Waals surface area contributed by atoms with Gasteiger partial charge in [-0.05, 0) is 42.9 Å². The van der Waals surface area contributed by atoms with Crippen molar-refractivity contribution < 1.29 is 9.59 Å². The quantitative estimate of drug-likeness (QED) is 0.606. The molecule has 0 saturated heterocycles. The Labute approximate surface area is 100 Å². The Morgan fingerprint density at radius 3 is 2.35 bits per heavy atom. The van der Waals surface area contributed by atoms with E-state index in [-0.39, 0.29) is 12.3 Å². The number of carbonyl (C=O) groups is 2. The van der Waals surface area contributed by atoms with Crippen molar-refractivity contribution in [1.29, 1.82) is 0 Å². The maximum atomic E-state index is 11.7. The summed E-state index contributed by atoms with van der Waals surface area (Å²) in [6, 6.07) is -0.459. The van der Waals surface area contributed by atoms with Crippen LogP contribution in [0.15, 0.2) is 0 Å². The van der Waals surface area contributed by atoms with Crippen LogP contribution >= 0.6 is 0 Å². The summed E-state index contributed by atoms with van der Waals surface area (Å²) < 4.78 is 0. The van der Waals surface area contributed by atoms with Crippen LogP contribution in [-0.2, 0) is 9.59 Å². The molecule has 5 nitrogen and oxygen atoms in total. The first-order valence-corrected chi connectivity index (χ1v) is 6.42. The predicted octanol–water partition coefficient (Wildman–Crippen LogP) is -0.650. The van der Waals surface area contributed by atoms with Crippen molar-refractivity contribution in [3.8, 4) is 0 Å². The van der Waals surface area contributed by atoms with Crippen LogP contribution in [0.5, 0.6) is 0 Å². The third-order valence-electron chi connectivity index (χ3n) is 4.80. The highest BCUT2D eigenvalue weighted by atomic mass is 16.2. The van der Waals surface area contributed by atoms with E-state index in [9.17, 15) is 9.59 Å². The van der Waals surface area contributed by atoms with Gasteiger partial charge in [0, 0.05) is 6.04 Å². The minimum atomic E-state index is -0.786. The normalized spacial score (nSPS) is 43.0. The summed E-state index contributed by atoms with van der Waals surface area (Å²) in [5.41, 5.74) is 10.6. The van der Waals surface area contributed by atoms with Gasteiger partial charge in [-0.3, -0.25) is 9.59 Å². The van der Waals surface area contributed by atoms with Gasteiger partial charge in [-0.25, -0.2) is 0 Å². The fourth-order valence-corrected chi connectivity index (χ4v) is 4.10. The van der Waals surface area contributed by atoms with Gasteiger partial charge >= 0.3 is 0 Å². The fraction of sp³-hybridized carbons (Fsp3) is 0.833. The molecule has 0 heterocycles. The molecule has 3 rings (SSSR count). The molecule has 3 saturated carbocycles. The van der Waals surface area contributed by atoms with E-state index in [1.165, 1.54) is 19.3 Å². The molecule has 94 valence electrons. The Morgan fingerprint density at radius 2 is 1.82 bits per heavy atom. The predicted molar refractivity (Wildman–Crippen MR) is 61.5 cm³/mol. The summed E-state index contributed by atoms with van der Waals surface area (Å²) >= 11 is 0. The van der Waals surface area contributed by atoms with E-state index in [4.69, 9.17) is 11.5 Å². The number of carbonyl (C=O) groups excluding carboxylic acids is 2. The smallest absolute Gasteiger partial charge is 0.237 e. The molecule has 2 bridgehead atoms. The molecule has 17 heavy (non-hydrogen) atoms. The van der Waals surface area contributed by atoms with Gasteiger partial charge in [-0.15, -0.1) is 0 Å². The van der Waals surface area contributed by atoms with E-state index in [0.29, 0.717) is 17.9 Å². The highest BCUT2D eigenvalue weighted by Crippen LogP contribution is 2.65. The number of hydrogen-bond donors (Lipinski definition) is 3. The van der Waals surface area contributed by atoms with Gasteiger partial charge in [-0.1, -0.05) is 0 Å². The number of nitrogens with one attached hydrogen (secondary N) is 1. The zero-order valence-electron chi connectivity index (χ0n) is 9.76. The van der Waals surface area contributed by atoms with Crippen LogP contribution in [0.25, 0.3) is 0 Å². The number of primary amides is 1. The summed E-state index contributed by atoms with van der Waals surface area (Å²) in [6.45, 7) is 0. The monoisotopic (exact) mass is 237 g/mol. The molecule has 2 amide bonds. The van der Waals surface area contributed by atoms with Crippen molar-refractivity contribution in [2.45, 2.75) is 37.8 Å². The summed E-state index contributed by atoms with van der Waals surface area (Å²) in [6.07, 6.45) is 3.94. The standard InChI is InChI=1S/C12H19N3O2/c13-7(4-8(14)16)12(17)15-11-9-5-1-2-6(3-5)10(9)11/h5-7,9-11H,1-4,13H2,(H2,14,16)(H,15,17). The third-order valence-corrected chi connectivity index (χ3v) is 4.80. The Bertz CT molecular complexity index is 355. The molecule has 0 aromatic heterocycles. The minimum absolute atomic E-state index is 0.0687. The lowest BCUT2D eigenvalue weighted by Gasteiger charge is -2.13. The molecule has 5 unspecified atom stereocenters. The first-order valence-electron chi connectivity index (χ1n) is 6.42. The van der Waals surface area contributed by atoms with Crippen LogP contribution in [0.3, 0.4) is 0 Å². The van der Waals surface area contributed by atoms with Gasteiger partial charge in [0.15, 0.2) is 0 Å². The van der Waals surface area contributed by atoms with Gasteiger partial charge in [-0.2, -0.15) is 0 Å². The van der Waals surface area contributed by atoms with Crippen molar-refractivity contribution in [1.82, 2.24) is 5.32 Å². The Hall–Kier alpha value is -1.10. The molecule has 0 aliphatic heterocycles. The number of rotatable bonds is 4. The van der Waals surface area contributed by atoms with Crippen molar-refractivity contribution in [2.24, 2.45) is 35.1 Å². The van der Waals surface area contributed by atoms with Crippen molar-refractivity contribution in [3.05, 3.63) is 0 Å². The molecule has 5 heteroatoms. The first kappa shape index (κ1) is 11.0. The van der Waals surface area contributed by atoms with E-state index >= 15 is 0 Å². The van der Waals surface area contributed by atoms with Crippen LogP contribution in [0.1, 0.15) is 25.7 Å². The van der Waals surface area contributed by atoms with Crippen LogP contribution in [0.2, 0.25) is 0 Å². The lowest BCUT2D eigenvalue weighted by molar-refractivity contribution is -0.126. The highest BCUT2D eigenvalue weighted by molar-refractivity contribution is 5.87. The molecule has 0 radical (unpaired) electrons. The fourth-order valence-electron chi connectivity index (χ4n) is 4.10. The van der Waals surface area contributed by atoms with E-state index in [1.807, 2.05) is 0 Å². The summed E-state index contributed by atoms with van der Waals surface area (Å²) in [5, 5.41) is 2.99. The van der Waals surface area contributed by atoms with Crippen LogP contribution in [0, 0.1) is 23.7 Å². The Morgan fingerprint density at radius 1 is 1.24 bits per heavy atom. The van der Waals surface area contributed by atoms with Crippen LogP contribution in [0.4, 0.5) is 0 Å². The first-order chi connectivity index (χ1) is 8.08. The summed E-state index contributed by atoms with van der Waals surface area (Å²) in [5.74, 6) is 2.29. The van der Waals surface area contributed by atoms with Crippen LogP contribution < -0.4 is 16.8 Å². The number of fused-ring (bicyclic) bond motifs is 5. The van der Waals surface area contributed by atoms with Gasteiger partial charge in [0.1, 0.15) is 0 Å². The maximum absolute atomic E-state index is 11.7. The Kier molecular flexibility index (Phi) is 2.40. The van der Waals surface area contributed by atoms with Gasteiger partial charge in [0.05, 0.1) is 12.5 Å². The van der Waals surface area contributed by atoms with Crippen LogP contribution in [-0.4, -0.2) is 23.9 Å². The molecule has 3 aliphatic carbocycles. The van der Waals surface area contributed by atoms with Crippen molar-refractivity contribution in [3.63, 3.8) is 0 Å². The third kappa shape index (κ3) is 1.73. The SMILES string of the molecule is NC(=O)CC(N)C(=O)NC1C2C3CCC(C3)C12. The lowest BCUT2D eigenvalue weighted by Crippen LogP contribution is -2.45. The van der Waals surface area contributed by atoms with Crippen molar-refractivity contribution >= 4 is 11.8 Å². The highest BCUT2D eigenvalue weighted by Gasteiger charge is 2.65. The number of nitrogens with two attached hydrogens (primary N) is 2. The second-order valence-electron chi connectivity index (χ2n) is 5.80. The average molecular weight is 237 g/mol. The van der Waals surface area contributed by atoms with E-state index in [2.05, 4.69) is 5.32 Å². The molecule has 0 aromatic carbocycles. The molecule has 3 fully saturated rings. The molecule has 5 N–H and O–H groups in total. The van der Waals surface area contributed by atoms with Gasteiger partial charge < -0.3 is 16.8 Å². The zero-order valence-corrected chi connectivity index (χ0v) is 9.76. The molecular weight excluding hydrogens is 218 g/mol. The zero-order chi connectivity index (χ0) is 12.2. The molecule has 0 aromatic rings. The van der Waals surface area contributed by atoms with E-state index in [0.717, 1.165) is 11.8 Å². The van der Waals surface area contributed by atoms with Gasteiger partial charge in [0.2, 0.25) is 11.8 Å². The van der Waals surface area contributed by atoms with Gasteiger partial charge in [0.25, 0.3) is 0 Å². The minimum Gasteiger partial charge on any atom is -0.370 e. The largest absolute Gasteiger partial charge is 0.370 e. The van der Waals surface area contributed by atoms with E-state index in [1.54, 1.807) is 0 Å². The lowest BCUT2D eigenvalue weighted by atomic mass is 10.0. The molecule has 5 atom stereocenters. The van der Waals surface area contributed by atoms with Crippen molar-refractivity contribution in [2.75, 3.05) is 0 Å².